The van der Waals surface area contributed by atoms with Gasteiger partial charge in [-0.3, -0.25) is 4.79 Å². The topological polar surface area (TPSA) is 38.8 Å². The standard InChI is InChI=1S/C18H27NO3/c1-18(10-12-22-13-11-18)14-19(2)17(20)9-8-15-6-4-5-7-16(15)21-3/h4-7H,8-14H2,1-3H3. The maximum absolute atomic E-state index is 12.4. The van der Waals surface area contributed by atoms with Crippen LogP contribution in [0.15, 0.2) is 24.3 Å². The fraction of sp³-hybridized carbons (Fsp3) is 0.611. The monoisotopic (exact) mass is 305 g/mol. The zero-order chi connectivity index (χ0) is 16.0. The van der Waals surface area contributed by atoms with Gasteiger partial charge in [-0.2, -0.15) is 0 Å². The van der Waals surface area contributed by atoms with Crippen LogP contribution < -0.4 is 4.74 Å². The Labute approximate surface area is 133 Å². The van der Waals surface area contributed by atoms with Gasteiger partial charge in [0.15, 0.2) is 0 Å². The minimum Gasteiger partial charge on any atom is -0.496 e. The van der Waals surface area contributed by atoms with Gasteiger partial charge < -0.3 is 14.4 Å². The molecular formula is C18H27NO3. The van der Waals surface area contributed by atoms with Gasteiger partial charge in [-0.25, -0.2) is 0 Å². The lowest BCUT2D eigenvalue weighted by Gasteiger charge is -2.36. The summed E-state index contributed by atoms with van der Waals surface area (Å²) in [7, 11) is 3.57. The van der Waals surface area contributed by atoms with Gasteiger partial charge in [0.05, 0.1) is 7.11 Å². The van der Waals surface area contributed by atoms with E-state index in [2.05, 4.69) is 6.92 Å². The molecule has 0 N–H and O–H groups in total. The molecule has 0 aliphatic carbocycles. The van der Waals surface area contributed by atoms with Gasteiger partial charge >= 0.3 is 0 Å². The number of amides is 1. The summed E-state index contributed by atoms with van der Waals surface area (Å²) in [6.45, 7) is 4.67. The number of aryl methyl sites for hydroxylation is 1. The number of para-hydroxylation sites is 1. The summed E-state index contributed by atoms with van der Waals surface area (Å²) < 4.78 is 10.8. The molecule has 0 saturated carbocycles. The van der Waals surface area contributed by atoms with E-state index in [1.165, 1.54) is 0 Å². The van der Waals surface area contributed by atoms with Gasteiger partial charge in [-0.1, -0.05) is 25.1 Å². The Morgan fingerprint density at radius 1 is 1.32 bits per heavy atom. The highest BCUT2D eigenvalue weighted by atomic mass is 16.5. The molecule has 0 spiro atoms. The fourth-order valence-corrected chi connectivity index (χ4v) is 3.03. The molecule has 0 atom stereocenters. The molecule has 1 amide bonds. The second kappa shape index (κ2) is 7.63. The maximum Gasteiger partial charge on any atom is 0.222 e. The molecule has 1 saturated heterocycles. The Morgan fingerprint density at radius 2 is 2.00 bits per heavy atom. The number of carbonyl (C=O) groups excluding carboxylic acids is 1. The van der Waals surface area contributed by atoms with Crippen LogP contribution in [0.3, 0.4) is 0 Å². The number of hydrogen-bond donors (Lipinski definition) is 0. The van der Waals surface area contributed by atoms with Crippen molar-refractivity contribution in [1.29, 1.82) is 0 Å². The van der Waals surface area contributed by atoms with Crippen LogP contribution in [0.5, 0.6) is 5.75 Å². The second-order valence-electron chi connectivity index (χ2n) is 6.48. The van der Waals surface area contributed by atoms with Gasteiger partial charge in [0.2, 0.25) is 5.91 Å². The highest BCUT2D eigenvalue weighted by Crippen LogP contribution is 2.30. The molecule has 1 aliphatic rings. The first-order valence-electron chi connectivity index (χ1n) is 7.98. The zero-order valence-electron chi connectivity index (χ0n) is 13.9. The Balaban J connectivity index is 1.86. The summed E-state index contributed by atoms with van der Waals surface area (Å²) in [5.74, 6) is 1.05. The van der Waals surface area contributed by atoms with Crippen LogP contribution in [0.2, 0.25) is 0 Å². The Bertz CT molecular complexity index is 495. The average molecular weight is 305 g/mol. The quantitative estimate of drug-likeness (QED) is 0.811. The van der Waals surface area contributed by atoms with Crippen molar-refractivity contribution in [1.82, 2.24) is 4.90 Å². The first kappa shape index (κ1) is 16.8. The molecule has 1 fully saturated rings. The first-order valence-corrected chi connectivity index (χ1v) is 7.98. The summed E-state index contributed by atoms with van der Waals surface area (Å²) in [5.41, 5.74) is 1.27. The third kappa shape index (κ3) is 4.47. The number of ether oxygens (including phenoxy) is 2. The molecule has 1 aromatic rings. The van der Waals surface area contributed by atoms with E-state index in [0.29, 0.717) is 12.8 Å². The molecular weight excluding hydrogens is 278 g/mol. The van der Waals surface area contributed by atoms with Crippen molar-refractivity contribution in [3.8, 4) is 5.75 Å². The minimum atomic E-state index is 0.188. The Kier molecular flexibility index (Phi) is 5.83. The van der Waals surface area contributed by atoms with Crippen molar-refractivity contribution in [2.75, 3.05) is 33.9 Å². The average Bonchev–Trinajstić information content (AvgIpc) is 2.53. The van der Waals surface area contributed by atoms with Gasteiger partial charge in [0.1, 0.15) is 5.75 Å². The summed E-state index contributed by atoms with van der Waals surface area (Å²) in [6.07, 6.45) is 3.28. The summed E-state index contributed by atoms with van der Waals surface area (Å²) in [6, 6.07) is 7.88. The summed E-state index contributed by atoms with van der Waals surface area (Å²) >= 11 is 0. The van der Waals surface area contributed by atoms with Crippen LogP contribution in [-0.4, -0.2) is 44.7 Å². The Morgan fingerprint density at radius 3 is 2.68 bits per heavy atom. The van der Waals surface area contributed by atoms with Gasteiger partial charge in [-0.15, -0.1) is 0 Å². The second-order valence-corrected chi connectivity index (χ2v) is 6.48. The maximum atomic E-state index is 12.4. The molecule has 1 aliphatic heterocycles. The largest absolute Gasteiger partial charge is 0.496 e. The third-order valence-corrected chi connectivity index (χ3v) is 4.55. The third-order valence-electron chi connectivity index (χ3n) is 4.55. The van der Waals surface area contributed by atoms with Gasteiger partial charge in [0.25, 0.3) is 0 Å². The summed E-state index contributed by atoms with van der Waals surface area (Å²) in [5, 5.41) is 0. The molecule has 2 rings (SSSR count). The van der Waals surface area contributed by atoms with Crippen molar-refractivity contribution in [2.24, 2.45) is 5.41 Å². The van der Waals surface area contributed by atoms with Gasteiger partial charge in [0, 0.05) is 33.2 Å². The van der Waals surface area contributed by atoms with Crippen molar-refractivity contribution in [3.05, 3.63) is 29.8 Å². The number of hydrogen-bond acceptors (Lipinski definition) is 3. The van der Waals surface area contributed by atoms with Crippen molar-refractivity contribution in [2.45, 2.75) is 32.6 Å². The normalized spacial score (nSPS) is 17.0. The highest BCUT2D eigenvalue weighted by molar-refractivity contribution is 5.76. The first-order chi connectivity index (χ1) is 10.5. The van der Waals surface area contributed by atoms with Crippen LogP contribution in [-0.2, 0) is 16.0 Å². The summed E-state index contributed by atoms with van der Waals surface area (Å²) in [4.78, 5) is 14.3. The predicted molar refractivity (Wildman–Crippen MR) is 87.1 cm³/mol. The van der Waals surface area contributed by atoms with E-state index in [1.54, 1.807) is 7.11 Å². The van der Waals surface area contributed by atoms with E-state index in [1.807, 2.05) is 36.2 Å². The van der Waals surface area contributed by atoms with Crippen LogP contribution >= 0.6 is 0 Å². The molecule has 0 bridgehead atoms. The molecule has 0 aromatic heterocycles. The van der Waals surface area contributed by atoms with E-state index in [-0.39, 0.29) is 11.3 Å². The van der Waals surface area contributed by atoms with E-state index in [4.69, 9.17) is 9.47 Å². The smallest absolute Gasteiger partial charge is 0.222 e. The lowest BCUT2D eigenvalue weighted by molar-refractivity contribution is -0.132. The van der Waals surface area contributed by atoms with Crippen LogP contribution in [0.4, 0.5) is 0 Å². The van der Waals surface area contributed by atoms with Crippen molar-refractivity contribution >= 4 is 5.91 Å². The molecule has 4 heteroatoms. The van der Waals surface area contributed by atoms with Crippen LogP contribution in [0, 0.1) is 5.41 Å². The van der Waals surface area contributed by atoms with Crippen LogP contribution in [0.25, 0.3) is 0 Å². The van der Waals surface area contributed by atoms with Crippen molar-refractivity contribution in [3.63, 3.8) is 0 Å². The van der Waals surface area contributed by atoms with E-state index >= 15 is 0 Å². The molecule has 0 unspecified atom stereocenters. The highest BCUT2D eigenvalue weighted by Gasteiger charge is 2.29. The number of nitrogens with zero attached hydrogens (tertiary/aromatic N) is 1. The SMILES string of the molecule is COc1ccccc1CCC(=O)N(C)CC1(C)CCOCC1. The van der Waals surface area contributed by atoms with E-state index in [0.717, 1.165) is 43.9 Å². The number of rotatable bonds is 6. The molecule has 122 valence electrons. The molecule has 0 radical (unpaired) electrons. The number of carbonyl (C=O) groups is 1. The zero-order valence-corrected chi connectivity index (χ0v) is 13.9. The lowest BCUT2D eigenvalue weighted by Crippen LogP contribution is -2.40. The van der Waals surface area contributed by atoms with Crippen LogP contribution in [0.1, 0.15) is 31.7 Å². The Hall–Kier alpha value is -1.55. The lowest BCUT2D eigenvalue weighted by atomic mass is 9.82. The molecule has 4 nitrogen and oxygen atoms in total. The van der Waals surface area contributed by atoms with E-state index in [9.17, 15) is 4.79 Å². The number of methoxy groups -OCH3 is 1. The minimum absolute atomic E-state index is 0.188. The van der Waals surface area contributed by atoms with Crippen molar-refractivity contribution < 1.29 is 14.3 Å². The van der Waals surface area contributed by atoms with Gasteiger partial charge in [-0.05, 0) is 36.3 Å². The fourth-order valence-electron chi connectivity index (χ4n) is 3.03. The molecule has 1 aromatic carbocycles. The predicted octanol–water partition coefficient (Wildman–Crippen LogP) is 2.90. The number of benzene rings is 1. The van der Waals surface area contributed by atoms with E-state index < -0.39 is 0 Å². The molecule has 22 heavy (non-hydrogen) atoms. The molecule has 1 heterocycles.